The lowest BCUT2D eigenvalue weighted by atomic mass is 9.95. The number of carbonyl (C=O) groups is 1. The van der Waals surface area contributed by atoms with Crippen molar-refractivity contribution < 1.29 is 9.53 Å². The maximum atomic E-state index is 11.6. The Hall–Kier alpha value is -1.24. The predicted octanol–water partition coefficient (Wildman–Crippen LogP) is 1.77. The van der Waals surface area contributed by atoms with Gasteiger partial charge in [-0.15, -0.1) is 0 Å². The Balaban J connectivity index is 2.08. The van der Waals surface area contributed by atoms with Gasteiger partial charge >= 0.3 is 6.09 Å². The first-order valence-corrected chi connectivity index (χ1v) is 5.61. The Morgan fingerprint density at radius 1 is 1.60 bits per heavy atom. The number of rotatable bonds is 1. The lowest BCUT2D eigenvalue weighted by Gasteiger charge is -2.21. The number of nitriles is 1. The van der Waals surface area contributed by atoms with Gasteiger partial charge in [0.25, 0.3) is 0 Å². The molecule has 2 fully saturated rings. The van der Waals surface area contributed by atoms with Crippen molar-refractivity contribution in [1.82, 2.24) is 4.90 Å². The molecule has 82 valence electrons. The number of likely N-dealkylation sites (tertiary alicyclic amines) is 1. The molecule has 0 bridgehead atoms. The van der Waals surface area contributed by atoms with Crippen molar-refractivity contribution in [3.8, 4) is 6.07 Å². The molecule has 1 aliphatic heterocycles. The van der Waals surface area contributed by atoms with Crippen molar-refractivity contribution in [2.24, 2.45) is 11.8 Å². The van der Waals surface area contributed by atoms with Crippen molar-refractivity contribution in [3.63, 3.8) is 0 Å². The predicted molar refractivity (Wildman–Crippen MR) is 54.0 cm³/mol. The molecule has 2 aliphatic rings. The van der Waals surface area contributed by atoms with Gasteiger partial charge in [-0.3, -0.25) is 4.90 Å². The standard InChI is InChI=1S/C11H16N2O2/c1-2-15-11(14)13-7-8-4-3-5-9(8)10(13)6-12/h8-10H,2-5,7H2,1H3/t8-,9-,10+/m1/s1. The summed E-state index contributed by atoms with van der Waals surface area (Å²) in [5.74, 6) is 0.915. The normalized spacial score (nSPS) is 33.6. The Morgan fingerprint density at radius 3 is 3.07 bits per heavy atom. The van der Waals surface area contributed by atoms with Crippen molar-refractivity contribution >= 4 is 6.09 Å². The Bertz CT molecular complexity index is 297. The van der Waals surface area contributed by atoms with Gasteiger partial charge in [0.05, 0.1) is 12.7 Å². The molecule has 3 atom stereocenters. The highest BCUT2D eigenvalue weighted by atomic mass is 16.6. The van der Waals surface area contributed by atoms with Gasteiger partial charge < -0.3 is 4.74 Å². The van der Waals surface area contributed by atoms with Crippen molar-refractivity contribution in [1.29, 1.82) is 5.26 Å². The molecule has 1 saturated heterocycles. The quantitative estimate of drug-likeness (QED) is 0.659. The average molecular weight is 208 g/mol. The summed E-state index contributed by atoms with van der Waals surface area (Å²) in [6, 6.07) is 2.00. The lowest BCUT2D eigenvalue weighted by Crippen LogP contribution is -2.37. The molecular weight excluding hydrogens is 192 g/mol. The number of hydrogen-bond donors (Lipinski definition) is 0. The van der Waals surface area contributed by atoms with E-state index in [4.69, 9.17) is 10.00 Å². The van der Waals surface area contributed by atoms with Crippen LogP contribution in [0.2, 0.25) is 0 Å². The van der Waals surface area contributed by atoms with Crippen LogP contribution in [0.4, 0.5) is 4.79 Å². The number of carbonyl (C=O) groups excluding carboxylic acids is 1. The number of nitrogens with zero attached hydrogens (tertiary/aromatic N) is 2. The molecule has 0 unspecified atom stereocenters. The Labute approximate surface area is 89.8 Å². The molecule has 0 aromatic rings. The topological polar surface area (TPSA) is 53.3 Å². The molecular formula is C11H16N2O2. The van der Waals surface area contributed by atoms with E-state index >= 15 is 0 Å². The van der Waals surface area contributed by atoms with Crippen LogP contribution in [-0.2, 0) is 4.74 Å². The molecule has 1 amide bonds. The van der Waals surface area contributed by atoms with E-state index in [2.05, 4.69) is 6.07 Å². The van der Waals surface area contributed by atoms with Crippen LogP contribution in [0.25, 0.3) is 0 Å². The van der Waals surface area contributed by atoms with E-state index in [1.165, 1.54) is 6.42 Å². The first-order chi connectivity index (χ1) is 7.27. The molecule has 0 radical (unpaired) electrons. The lowest BCUT2D eigenvalue weighted by molar-refractivity contribution is 0.105. The molecule has 0 N–H and O–H groups in total. The number of amides is 1. The summed E-state index contributed by atoms with van der Waals surface area (Å²) in [5.41, 5.74) is 0. The minimum absolute atomic E-state index is 0.253. The zero-order valence-electron chi connectivity index (χ0n) is 8.98. The largest absolute Gasteiger partial charge is 0.450 e. The van der Waals surface area contributed by atoms with Gasteiger partial charge in [0.2, 0.25) is 0 Å². The Morgan fingerprint density at radius 2 is 2.40 bits per heavy atom. The zero-order chi connectivity index (χ0) is 10.8. The highest BCUT2D eigenvalue weighted by molar-refractivity contribution is 5.69. The van der Waals surface area contributed by atoms with Gasteiger partial charge in [-0.25, -0.2) is 4.79 Å². The number of fused-ring (bicyclic) bond motifs is 1. The van der Waals surface area contributed by atoms with Gasteiger partial charge in [-0.1, -0.05) is 6.42 Å². The maximum Gasteiger partial charge on any atom is 0.410 e. The van der Waals surface area contributed by atoms with Gasteiger partial charge in [0, 0.05) is 6.54 Å². The third-order valence-corrected chi connectivity index (χ3v) is 3.53. The Kier molecular flexibility index (Phi) is 2.81. The monoisotopic (exact) mass is 208 g/mol. The van der Waals surface area contributed by atoms with Gasteiger partial charge in [0.15, 0.2) is 0 Å². The first-order valence-electron chi connectivity index (χ1n) is 5.61. The molecule has 15 heavy (non-hydrogen) atoms. The molecule has 0 spiro atoms. The van der Waals surface area contributed by atoms with E-state index in [1.807, 2.05) is 0 Å². The minimum Gasteiger partial charge on any atom is -0.450 e. The van der Waals surface area contributed by atoms with Gasteiger partial charge in [-0.05, 0) is 31.6 Å². The van der Waals surface area contributed by atoms with Crippen LogP contribution in [0.5, 0.6) is 0 Å². The molecule has 4 heteroatoms. The number of hydrogen-bond acceptors (Lipinski definition) is 3. The molecule has 4 nitrogen and oxygen atoms in total. The van der Waals surface area contributed by atoms with E-state index in [-0.39, 0.29) is 12.1 Å². The van der Waals surface area contributed by atoms with Crippen molar-refractivity contribution in [3.05, 3.63) is 0 Å². The summed E-state index contributed by atoms with van der Waals surface area (Å²) in [6.45, 7) is 2.88. The molecule has 1 aliphatic carbocycles. The zero-order valence-corrected chi connectivity index (χ0v) is 8.98. The van der Waals surface area contributed by atoms with Crippen molar-refractivity contribution in [2.45, 2.75) is 32.2 Å². The molecule has 0 aromatic heterocycles. The number of ether oxygens (including phenoxy) is 1. The fourth-order valence-corrected chi connectivity index (χ4v) is 2.87. The van der Waals surface area contributed by atoms with Crippen LogP contribution in [0.15, 0.2) is 0 Å². The summed E-state index contributed by atoms with van der Waals surface area (Å²) >= 11 is 0. The van der Waals surface area contributed by atoms with E-state index in [0.29, 0.717) is 25.0 Å². The third-order valence-electron chi connectivity index (χ3n) is 3.53. The molecule has 1 heterocycles. The van der Waals surface area contributed by atoms with E-state index in [9.17, 15) is 4.79 Å². The average Bonchev–Trinajstić information content (AvgIpc) is 2.76. The summed E-state index contributed by atoms with van der Waals surface area (Å²) in [7, 11) is 0. The summed E-state index contributed by atoms with van der Waals surface area (Å²) in [4.78, 5) is 13.2. The van der Waals surface area contributed by atoms with E-state index < -0.39 is 0 Å². The van der Waals surface area contributed by atoms with Gasteiger partial charge in [0.1, 0.15) is 6.04 Å². The van der Waals surface area contributed by atoms with Crippen LogP contribution >= 0.6 is 0 Å². The van der Waals surface area contributed by atoms with Gasteiger partial charge in [-0.2, -0.15) is 5.26 Å². The molecule has 2 rings (SSSR count). The third kappa shape index (κ3) is 1.67. The van der Waals surface area contributed by atoms with Crippen LogP contribution < -0.4 is 0 Å². The van der Waals surface area contributed by atoms with E-state index in [0.717, 1.165) is 12.8 Å². The summed E-state index contributed by atoms with van der Waals surface area (Å²) < 4.78 is 4.96. The second-order valence-corrected chi connectivity index (χ2v) is 4.28. The highest BCUT2D eigenvalue weighted by Crippen LogP contribution is 2.41. The van der Waals surface area contributed by atoms with Crippen LogP contribution in [0, 0.1) is 23.2 Å². The van der Waals surface area contributed by atoms with Crippen LogP contribution in [0.3, 0.4) is 0 Å². The smallest absolute Gasteiger partial charge is 0.410 e. The highest BCUT2D eigenvalue weighted by Gasteiger charge is 2.46. The molecule has 0 aromatic carbocycles. The second-order valence-electron chi connectivity index (χ2n) is 4.28. The first kappa shape index (κ1) is 10.3. The van der Waals surface area contributed by atoms with Crippen molar-refractivity contribution in [2.75, 3.05) is 13.2 Å². The minimum atomic E-state index is -0.321. The summed E-state index contributed by atoms with van der Waals surface area (Å²) in [6.07, 6.45) is 3.11. The SMILES string of the molecule is CCOC(=O)N1C[C@H]2CCC[C@H]2[C@@H]1C#N. The van der Waals surface area contributed by atoms with E-state index in [1.54, 1.807) is 11.8 Å². The summed E-state index contributed by atoms with van der Waals surface area (Å²) in [5, 5.41) is 9.10. The second kappa shape index (κ2) is 4.09. The fraction of sp³-hybridized carbons (Fsp3) is 0.818. The van der Waals surface area contributed by atoms with Crippen LogP contribution in [-0.4, -0.2) is 30.2 Å². The van der Waals surface area contributed by atoms with Crippen LogP contribution in [0.1, 0.15) is 26.2 Å². The fourth-order valence-electron chi connectivity index (χ4n) is 2.87. The molecule has 1 saturated carbocycles. The maximum absolute atomic E-state index is 11.6.